The summed E-state index contributed by atoms with van der Waals surface area (Å²) in [7, 11) is 0. The molecule has 0 radical (unpaired) electrons. The van der Waals surface area contributed by atoms with Gasteiger partial charge in [0.25, 0.3) is 0 Å². The molecule has 1 saturated carbocycles. The van der Waals surface area contributed by atoms with Gasteiger partial charge in [-0.2, -0.15) is 11.8 Å². The number of carbonyl (C=O) groups excluding carboxylic acids is 2. The standard InChI is InChI=1S/C12H17NO6S/c1-6(14)12(13,11(18)19)5-20-4-8-7(10(16)17)2-3-9(8)15/h7-8H,2-5,13H2,1H3,(H,16,17)(H,18,19)/t7-,8+,12?/m1/s1. The molecule has 0 amide bonds. The molecule has 0 aromatic heterocycles. The summed E-state index contributed by atoms with van der Waals surface area (Å²) < 4.78 is 0. The van der Waals surface area contributed by atoms with Crippen molar-refractivity contribution in [2.75, 3.05) is 11.5 Å². The van der Waals surface area contributed by atoms with Gasteiger partial charge >= 0.3 is 11.9 Å². The molecule has 1 aliphatic rings. The summed E-state index contributed by atoms with van der Waals surface area (Å²) >= 11 is 1.03. The first kappa shape index (κ1) is 16.6. The molecule has 1 aliphatic carbocycles. The molecule has 1 fully saturated rings. The van der Waals surface area contributed by atoms with E-state index < -0.39 is 35.1 Å². The zero-order valence-corrected chi connectivity index (χ0v) is 11.8. The van der Waals surface area contributed by atoms with Gasteiger partial charge in [0.1, 0.15) is 5.78 Å². The summed E-state index contributed by atoms with van der Waals surface area (Å²) in [5.74, 6) is -4.65. The number of ketones is 2. The smallest absolute Gasteiger partial charge is 0.332 e. The molecule has 0 spiro atoms. The minimum absolute atomic E-state index is 0.134. The SMILES string of the molecule is CC(=O)C(N)(CSC[C@@H]1C(=O)CC[C@H]1C(=O)O)C(=O)O. The fourth-order valence-electron chi connectivity index (χ4n) is 2.07. The van der Waals surface area contributed by atoms with Gasteiger partial charge in [-0.3, -0.25) is 14.4 Å². The Kier molecular flexibility index (Phi) is 5.29. The number of nitrogens with two attached hydrogens (primary N) is 1. The summed E-state index contributed by atoms with van der Waals surface area (Å²) in [6.45, 7) is 1.09. The molecule has 0 aromatic carbocycles. The maximum absolute atomic E-state index is 11.6. The molecule has 0 heterocycles. The molecule has 0 saturated heterocycles. The van der Waals surface area contributed by atoms with E-state index in [4.69, 9.17) is 15.9 Å². The predicted molar refractivity (Wildman–Crippen MR) is 71.4 cm³/mol. The number of rotatable bonds is 7. The molecule has 7 nitrogen and oxygen atoms in total. The Morgan fingerprint density at radius 3 is 2.45 bits per heavy atom. The van der Waals surface area contributed by atoms with Gasteiger partial charge in [-0.25, -0.2) is 4.79 Å². The fraction of sp³-hybridized carbons (Fsp3) is 0.667. The van der Waals surface area contributed by atoms with Crippen LogP contribution >= 0.6 is 11.8 Å². The van der Waals surface area contributed by atoms with Crippen molar-refractivity contribution in [3.63, 3.8) is 0 Å². The molecule has 112 valence electrons. The van der Waals surface area contributed by atoms with Crippen LogP contribution in [0.25, 0.3) is 0 Å². The Morgan fingerprint density at radius 1 is 1.40 bits per heavy atom. The molecule has 1 unspecified atom stereocenters. The van der Waals surface area contributed by atoms with Gasteiger partial charge in [0.15, 0.2) is 11.3 Å². The number of carbonyl (C=O) groups is 4. The molecular formula is C12H17NO6S. The molecule has 0 bridgehead atoms. The number of carboxylic acids is 2. The second-order valence-electron chi connectivity index (χ2n) is 4.90. The Hall–Kier alpha value is -1.41. The largest absolute Gasteiger partial charge is 0.481 e. The summed E-state index contributed by atoms with van der Waals surface area (Å²) in [6.07, 6.45) is 0.528. The van der Waals surface area contributed by atoms with Gasteiger partial charge in [0, 0.05) is 23.8 Å². The van der Waals surface area contributed by atoms with Crippen LogP contribution in [0.1, 0.15) is 19.8 Å². The number of hydrogen-bond acceptors (Lipinski definition) is 6. The van der Waals surface area contributed by atoms with Crippen LogP contribution in [0.3, 0.4) is 0 Å². The second-order valence-corrected chi connectivity index (χ2v) is 5.93. The highest BCUT2D eigenvalue weighted by Gasteiger charge is 2.42. The lowest BCUT2D eigenvalue weighted by Gasteiger charge is -2.22. The average molecular weight is 303 g/mol. The molecular weight excluding hydrogens is 286 g/mol. The highest BCUT2D eigenvalue weighted by atomic mass is 32.2. The molecule has 1 rings (SSSR count). The van der Waals surface area contributed by atoms with Crippen LogP contribution in [-0.2, 0) is 19.2 Å². The predicted octanol–water partition coefficient (Wildman–Crippen LogP) is -0.229. The molecule has 0 aliphatic heterocycles. The second kappa shape index (κ2) is 6.36. The van der Waals surface area contributed by atoms with Crippen LogP contribution in [-0.4, -0.2) is 50.8 Å². The van der Waals surface area contributed by atoms with Crippen LogP contribution < -0.4 is 5.73 Å². The van der Waals surface area contributed by atoms with Gasteiger partial charge in [0.05, 0.1) is 5.92 Å². The zero-order chi connectivity index (χ0) is 15.5. The summed E-state index contributed by atoms with van der Waals surface area (Å²) in [5.41, 5.74) is 3.53. The summed E-state index contributed by atoms with van der Waals surface area (Å²) in [6, 6.07) is 0. The normalized spacial score (nSPS) is 25.2. The van der Waals surface area contributed by atoms with E-state index in [-0.39, 0.29) is 23.7 Å². The molecule has 3 atom stereocenters. The topological polar surface area (TPSA) is 135 Å². The third-order valence-electron chi connectivity index (χ3n) is 3.56. The first-order valence-electron chi connectivity index (χ1n) is 6.06. The minimum Gasteiger partial charge on any atom is -0.481 e. The maximum Gasteiger partial charge on any atom is 0.332 e. The van der Waals surface area contributed by atoms with E-state index in [9.17, 15) is 19.2 Å². The van der Waals surface area contributed by atoms with Crippen LogP contribution in [0.2, 0.25) is 0 Å². The van der Waals surface area contributed by atoms with E-state index in [1.807, 2.05) is 0 Å². The number of Topliss-reactive ketones (excluding diaryl/α,β-unsaturated/α-hetero) is 2. The van der Waals surface area contributed by atoms with E-state index in [0.717, 1.165) is 18.7 Å². The van der Waals surface area contributed by atoms with Gasteiger partial charge in [0.2, 0.25) is 0 Å². The van der Waals surface area contributed by atoms with Crippen molar-refractivity contribution in [2.45, 2.75) is 25.3 Å². The lowest BCUT2D eigenvalue weighted by atomic mass is 9.98. The quantitative estimate of drug-likeness (QED) is 0.549. The van der Waals surface area contributed by atoms with E-state index >= 15 is 0 Å². The van der Waals surface area contributed by atoms with Crippen LogP contribution in [0.5, 0.6) is 0 Å². The third-order valence-corrected chi connectivity index (χ3v) is 4.81. The molecule has 4 N–H and O–H groups in total. The Morgan fingerprint density at radius 2 is 2.00 bits per heavy atom. The lowest BCUT2D eigenvalue weighted by molar-refractivity contribution is -0.146. The average Bonchev–Trinajstić information content (AvgIpc) is 2.70. The van der Waals surface area contributed by atoms with Crippen molar-refractivity contribution in [3.8, 4) is 0 Å². The van der Waals surface area contributed by atoms with Crippen molar-refractivity contribution in [1.82, 2.24) is 0 Å². The van der Waals surface area contributed by atoms with Crippen LogP contribution in [0.15, 0.2) is 0 Å². The number of carboxylic acid groups (broad SMARTS) is 2. The lowest BCUT2D eigenvalue weighted by Crippen LogP contribution is -2.56. The Bertz CT molecular complexity index is 435. The van der Waals surface area contributed by atoms with Gasteiger partial charge in [-0.05, 0) is 13.3 Å². The first-order valence-corrected chi connectivity index (χ1v) is 7.22. The van der Waals surface area contributed by atoms with Crippen LogP contribution in [0, 0.1) is 11.8 Å². The van der Waals surface area contributed by atoms with Crippen molar-refractivity contribution in [2.24, 2.45) is 17.6 Å². The van der Waals surface area contributed by atoms with Crippen LogP contribution in [0.4, 0.5) is 0 Å². The van der Waals surface area contributed by atoms with Gasteiger partial charge < -0.3 is 15.9 Å². The third kappa shape index (κ3) is 3.37. The van der Waals surface area contributed by atoms with E-state index in [1.165, 1.54) is 0 Å². The molecule has 0 aromatic rings. The summed E-state index contributed by atoms with van der Waals surface area (Å²) in [5, 5.41) is 18.0. The van der Waals surface area contributed by atoms with Gasteiger partial charge in [-0.15, -0.1) is 0 Å². The van der Waals surface area contributed by atoms with E-state index in [0.29, 0.717) is 6.42 Å². The maximum atomic E-state index is 11.6. The van der Waals surface area contributed by atoms with E-state index in [2.05, 4.69) is 0 Å². The Labute approximate surface area is 119 Å². The fourth-order valence-corrected chi connectivity index (χ4v) is 3.51. The highest BCUT2D eigenvalue weighted by molar-refractivity contribution is 7.99. The number of hydrogen-bond donors (Lipinski definition) is 3. The van der Waals surface area contributed by atoms with Crippen molar-refractivity contribution < 1.29 is 29.4 Å². The first-order chi connectivity index (χ1) is 9.20. The molecule has 8 heteroatoms. The van der Waals surface area contributed by atoms with E-state index in [1.54, 1.807) is 0 Å². The minimum atomic E-state index is -2.00. The van der Waals surface area contributed by atoms with Crippen molar-refractivity contribution >= 4 is 35.3 Å². The number of aliphatic carboxylic acids is 2. The number of thioether (sulfide) groups is 1. The summed E-state index contributed by atoms with van der Waals surface area (Å²) in [4.78, 5) is 44.9. The highest BCUT2D eigenvalue weighted by Crippen LogP contribution is 2.32. The molecule has 20 heavy (non-hydrogen) atoms. The zero-order valence-electron chi connectivity index (χ0n) is 11.0. The van der Waals surface area contributed by atoms with Crippen molar-refractivity contribution in [3.05, 3.63) is 0 Å². The Balaban J connectivity index is 2.63. The monoisotopic (exact) mass is 303 g/mol. The van der Waals surface area contributed by atoms with Crippen molar-refractivity contribution in [1.29, 1.82) is 0 Å². The van der Waals surface area contributed by atoms with Gasteiger partial charge in [-0.1, -0.05) is 0 Å².